The lowest BCUT2D eigenvalue weighted by molar-refractivity contribution is 0.605. The van der Waals surface area contributed by atoms with E-state index >= 15 is 0 Å². The van der Waals surface area contributed by atoms with E-state index in [1.165, 1.54) is 0 Å². The van der Waals surface area contributed by atoms with Crippen LogP contribution < -0.4 is 5.56 Å². The highest BCUT2D eigenvalue weighted by Crippen LogP contribution is 2.20. The van der Waals surface area contributed by atoms with Crippen molar-refractivity contribution in [2.45, 2.75) is 0 Å². The number of rotatable bonds is 2. The molecule has 98 valence electrons. The average Bonchev–Trinajstić information content (AvgIpc) is 2.51. The van der Waals surface area contributed by atoms with E-state index < -0.39 is 11.4 Å². The van der Waals surface area contributed by atoms with Crippen LogP contribution in [0.15, 0.2) is 59.7 Å². The van der Waals surface area contributed by atoms with Crippen molar-refractivity contribution >= 4 is 0 Å². The SMILES string of the molecule is O=c1[nH]c(-c2cccnc2)nc(-c2ccccc2)c1F. The molecular weight excluding hydrogens is 257 g/mol. The third kappa shape index (κ3) is 2.21. The minimum Gasteiger partial charge on any atom is -0.304 e. The highest BCUT2D eigenvalue weighted by molar-refractivity contribution is 5.63. The Kier molecular flexibility index (Phi) is 3.09. The molecule has 5 heteroatoms. The molecule has 0 atom stereocenters. The summed E-state index contributed by atoms with van der Waals surface area (Å²) in [5.41, 5.74) is 0.425. The highest BCUT2D eigenvalue weighted by Gasteiger charge is 2.13. The van der Waals surface area contributed by atoms with Crippen molar-refractivity contribution in [2.24, 2.45) is 0 Å². The number of hydrogen-bond donors (Lipinski definition) is 1. The molecule has 0 radical (unpaired) electrons. The third-order valence-electron chi connectivity index (χ3n) is 2.84. The normalized spacial score (nSPS) is 10.4. The summed E-state index contributed by atoms with van der Waals surface area (Å²) in [6.45, 7) is 0. The summed E-state index contributed by atoms with van der Waals surface area (Å²) in [5, 5.41) is 0. The number of halogens is 1. The van der Waals surface area contributed by atoms with Crippen LogP contribution in [0.25, 0.3) is 22.6 Å². The number of aromatic amines is 1. The van der Waals surface area contributed by atoms with Gasteiger partial charge in [-0.05, 0) is 12.1 Å². The maximum absolute atomic E-state index is 14.0. The first-order valence-electron chi connectivity index (χ1n) is 6.01. The van der Waals surface area contributed by atoms with Gasteiger partial charge in [-0.2, -0.15) is 4.39 Å². The summed E-state index contributed by atoms with van der Waals surface area (Å²) in [6, 6.07) is 12.2. The van der Waals surface area contributed by atoms with Gasteiger partial charge in [-0.25, -0.2) is 4.98 Å². The van der Waals surface area contributed by atoms with Gasteiger partial charge >= 0.3 is 0 Å². The predicted octanol–water partition coefficient (Wildman–Crippen LogP) is 2.64. The Balaban J connectivity index is 2.22. The smallest absolute Gasteiger partial charge is 0.287 e. The fourth-order valence-corrected chi connectivity index (χ4v) is 1.89. The van der Waals surface area contributed by atoms with E-state index in [4.69, 9.17) is 0 Å². The third-order valence-corrected chi connectivity index (χ3v) is 2.84. The number of nitrogens with zero attached hydrogens (tertiary/aromatic N) is 2. The molecule has 0 bridgehead atoms. The maximum Gasteiger partial charge on any atom is 0.287 e. The van der Waals surface area contributed by atoms with Crippen LogP contribution in [0.2, 0.25) is 0 Å². The molecular formula is C15H10FN3O. The van der Waals surface area contributed by atoms with E-state index in [0.717, 1.165) is 0 Å². The second kappa shape index (κ2) is 5.05. The van der Waals surface area contributed by atoms with Crippen molar-refractivity contribution in [1.29, 1.82) is 0 Å². The molecule has 1 aromatic carbocycles. The Labute approximate surface area is 114 Å². The monoisotopic (exact) mass is 267 g/mol. The molecule has 0 aliphatic rings. The van der Waals surface area contributed by atoms with Crippen molar-refractivity contribution in [2.75, 3.05) is 0 Å². The van der Waals surface area contributed by atoms with Gasteiger partial charge in [0.05, 0.1) is 0 Å². The lowest BCUT2D eigenvalue weighted by Gasteiger charge is -2.05. The first-order valence-corrected chi connectivity index (χ1v) is 6.01. The van der Waals surface area contributed by atoms with Gasteiger partial charge in [-0.1, -0.05) is 30.3 Å². The number of nitrogens with one attached hydrogen (secondary N) is 1. The van der Waals surface area contributed by atoms with Crippen LogP contribution in [0.1, 0.15) is 0 Å². The average molecular weight is 267 g/mol. The molecule has 1 N–H and O–H groups in total. The molecule has 0 fully saturated rings. The number of benzene rings is 1. The Bertz CT molecular complexity index is 785. The van der Waals surface area contributed by atoms with E-state index in [1.54, 1.807) is 48.8 Å². The number of H-pyrrole nitrogens is 1. The molecule has 0 amide bonds. The van der Waals surface area contributed by atoms with Gasteiger partial charge in [0, 0.05) is 23.5 Å². The Morgan fingerprint density at radius 1 is 1.00 bits per heavy atom. The summed E-state index contributed by atoms with van der Waals surface area (Å²) in [6.07, 6.45) is 3.17. The number of aromatic nitrogens is 3. The molecule has 20 heavy (non-hydrogen) atoms. The van der Waals surface area contributed by atoms with Crippen molar-refractivity contribution in [3.05, 3.63) is 71.0 Å². The van der Waals surface area contributed by atoms with Gasteiger partial charge in [-0.3, -0.25) is 9.78 Å². The van der Waals surface area contributed by atoms with Crippen LogP contribution in [0, 0.1) is 5.82 Å². The van der Waals surface area contributed by atoms with Crippen molar-refractivity contribution in [1.82, 2.24) is 15.0 Å². The van der Waals surface area contributed by atoms with Gasteiger partial charge in [0.15, 0.2) is 0 Å². The summed E-state index contributed by atoms with van der Waals surface area (Å²) in [4.78, 5) is 22.3. The van der Waals surface area contributed by atoms with Crippen LogP contribution in [0.3, 0.4) is 0 Å². The zero-order chi connectivity index (χ0) is 13.9. The second-order valence-corrected chi connectivity index (χ2v) is 4.18. The molecule has 3 aromatic rings. The first-order chi connectivity index (χ1) is 9.75. The van der Waals surface area contributed by atoms with Gasteiger partial charge in [-0.15, -0.1) is 0 Å². The van der Waals surface area contributed by atoms with E-state index in [1.807, 2.05) is 6.07 Å². The molecule has 0 aliphatic carbocycles. The van der Waals surface area contributed by atoms with E-state index in [0.29, 0.717) is 17.0 Å². The predicted molar refractivity (Wildman–Crippen MR) is 73.5 cm³/mol. The van der Waals surface area contributed by atoms with E-state index in [-0.39, 0.29) is 5.69 Å². The topological polar surface area (TPSA) is 58.6 Å². The van der Waals surface area contributed by atoms with Crippen molar-refractivity contribution < 1.29 is 4.39 Å². The molecule has 2 heterocycles. The van der Waals surface area contributed by atoms with Gasteiger partial charge < -0.3 is 4.98 Å². The standard InChI is InChI=1S/C15H10FN3O/c16-12-13(10-5-2-1-3-6-10)18-14(19-15(12)20)11-7-4-8-17-9-11/h1-9H,(H,18,19,20). The molecule has 4 nitrogen and oxygen atoms in total. The number of pyridine rings is 1. The molecule has 0 unspecified atom stereocenters. The largest absolute Gasteiger partial charge is 0.304 e. The maximum atomic E-state index is 14.0. The lowest BCUT2D eigenvalue weighted by Crippen LogP contribution is -2.15. The second-order valence-electron chi connectivity index (χ2n) is 4.18. The zero-order valence-electron chi connectivity index (χ0n) is 10.4. The first kappa shape index (κ1) is 12.2. The zero-order valence-corrected chi connectivity index (χ0v) is 10.4. The fourth-order valence-electron chi connectivity index (χ4n) is 1.89. The van der Waals surface area contributed by atoms with Crippen LogP contribution in [-0.4, -0.2) is 15.0 Å². The molecule has 0 saturated carbocycles. The molecule has 0 spiro atoms. The van der Waals surface area contributed by atoms with Gasteiger partial charge in [0.25, 0.3) is 5.56 Å². The molecule has 0 saturated heterocycles. The summed E-state index contributed by atoms with van der Waals surface area (Å²) in [5.74, 6) is -0.591. The fraction of sp³-hybridized carbons (Fsp3) is 0. The van der Waals surface area contributed by atoms with Gasteiger partial charge in [0.2, 0.25) is 5.82 Å². The van der Waals surface area contributed by atoms with Gasteiger partial charge in [0.1, 0.15) is 11.5 Å². The van der Waals surface area contributed by atoms with Crippen molar-refractivity contribution in [3.8, 4) is 22.6 Å². The molecule has 0 aliphatic heterocycles. The highest BCUT2D eigenvalue weighted by atomic mass is 19.1. The van der Waals surface area contributed by atoms with Crippen LogP contribution >= 0.6 is 0 Å². The van der Waals surface area contributed by atoms with E-state index in [2.05, 4.69) is 15.0 Å². The minimum atomic E-state index is -0.885. The van der Waals surface area contributed by atoms with Crippen molar-refractivity contribution in [3.63, 3.8) is 0 Å². The Morgan fingerprint density at radius 3 is 2.45 bits per heavy atom. The quantitative estimate of drug-likeness (QED) is 0.776. The molecule has 3 rings (SSSR count). The number of hydrogen-bond acceptors (Lipinski definition) is 3. The summed E-state index contributed by atoms with van der Waals surface area (Å²) < 4.78 is 14.0. The van der Waals surface area contributed by atoms with E-state index in [9.17, 15) is 9.18 Å². The summed E-state index contributed by atoms with van der Waals surface area (Å²) in [7, 11) is 0. The van der Waals surface area contributed by atoms with Crippen LogP contribution in [-0.2, 0) is 0 Å². The van der Waals surface area contributed by atoms with Crippen LogP contribution in [0.4, 0.5) is 4.39 Å². The Hall–Kier alpha value is -2.82. The molecule has 2 aromatic heterocycles. The summed E-state index contributed by atoms with van der Waals surface area (Å²) >= 11 is 0. The lowest BCUT2D eigenvalue weighted by atomic mass is 10.1. The minimum absolute atomic E-state index is 0.0354. The Morgan fingerprint density at radius 2 is 1.75 bits per heavy atom. The van der Waals surface area contributed by atoms with Crippen LogP contribution in [0.5, 0.6) is 0 Å².